The van der Waals surface area contributed by atoms with Gasteiger partial charge in [-0.1, -0.05) is 18.2 Å². The molecule has 0 amide bonds. The van der Waals surface area contributed by atoms with Crippen LogP contribution in [0.4, 0.5) is 5.95 Å². The van der Waals surface area contributed by atoms with Crippen LogP contribution in [0.15, 0.2) is 53.5 Å². The monoisotopic (exact) mass is 431 g/mol. The van der Waals surface area contributed by atoms with Gasteiger partial charge in [0.15, 0.2) is 17.1 Å². The van der Waals surface area contributed by atoms with Crippen LogP contribution >= 0.6 is 0 Å². The van der Waals surface area contributed by atoms with Crippen LogP contribution in [0.2, 0.25) is 0 Å². The Kier molecular flexibility index (Phi) is 4.27. The van der Waals surface area contributed by atoms with E-state index in [-0.39, 0.29) is 12.5 Å². The van der Waals surface area contributed by atoms with E-state index in [2.05, 4.69) is 10.3 Å². The van der Waals surface area contributed by atoms with Crippen molar-refractivity contribution >= 4 is 17.1 Å². The standard InChI is InChI=1S/C23H21N5O4/c1-30-17-6-3-5-16(10-17)28-21-18(11-24-22(26-21)25-15-8-9-15)27(23(28)29)12-14-4-2-7-19-20(14)32-13-31-19/h2-7,10-11,15H,8-9,12-13H2,1H3,(H,24,25,26). The average Bonchev–Trinajstić information content (AvgIpc) is 3.41. The average molecular weight is 431 g/mol. The van der Waals surface area contributed by atoms with Crippen LogP contribution < -0.4 is 25.2 Å². The summed E-state index contributed by atoms with van der Waals surface area (Å²) in [6.07, 6.45) is 3.91. The Labute approximate surface area is 183 Å². The van der Waals surface area contributed by atoms with Crippen molar-refractivity contribution in [2.75, 3.05) is 19.2 Å². The quantitative estimate of drug-likeness (QED) is 0.502. The van der Waals surface area contributed by atoms with Crippen molar-refractivity contribution in [2.24, 2.45) is 0 Å². The number of rotatable bonds is 6. The van der Waals surface area contributed by atoms with E-state index in [0.29, 0.717) is 52.6 Å². The molecule has 9 heteroatoms. The van der Waals surface area contributed by atoms with E-state index in [9.17, 15) is 4.79 Å². The zero-order valence-corrected chi connectivity index (χ0v) is 17.4. The van der Waals surface area contributed by atoms with Gasteiger partial charge in [-0.05, 0) is 31.0 Å². The minimum absolute atomic E-state index is 0.173. The predicted molar refractivity (Wildman–Crippen MR) is 118 cm³/mol. The van der Waals surface area contributed by atoms with Crippen LogP contribution in [0.1, 0.15) is 18.4 Å². The molecule has 32 heavy (non-hydrogen) atoms. The normalized spacial score (nSPS) is 14.7. The molecular weight excluding hydrogens is 410 g/mol. The number of aromatic nitrogens is 4. The second-order valence-corrected chi connectivity index (χ2v) is 7.88. The summed E-state index contributed by atoms with van der Waals surface area (Å²) >= 11 is 0. The van der Waals surface area contributed by atoms with Gasteiger partial charge in [0, 0.05) is 17.7 Å². The molecule has 1 saturated carbocycles. The van der Waals surface area contributed by atoms with Crippen molar-refractivity contribution in [1.82, 2.24) is 19.1 Å². The molecule has 1 N–H and O–H groups in total. The number of hydrogen-bond acceptors (Lipinski definition) is 7. The van der Waals surface area contributed by atoms with E-state index in [4.69, 9.17) is 19.2 Å². The number of benzene rings is 2. The van der Waals surface area contributed by atoms with Crippen molar-refractivity contribution in [2.45, 2.75) is 25.4 Å². The molecule has 1 aliphatic carbocycles. The molecule has 1 fully saturated rings. The summed E-state index contributed by atoms with van der Waals surface area (Å²) in [7, 11) is 1.60. The predicted octanol–water partition coefficient (Wildman–Crippen LogP) is 2.94. The van der Waals surface area contributed by atoms with E-state index < -0.39 is 0 Å². The van der Waals surface area contributed by atoms with Gasteiger partial charge in [0.1, 0.15) is 11.3 Å². The van der Waals surface area contributed by atoms with Crippen LogP contribution in [0.3, 0.4) is 0 Å². The summed E-state index contributed by atoms with van der Waals surface area (Å²) < 4.78 is 19.8. The van der Waals surface area contributed by atoms with E-state index >= 15 is 0 Å². The highest BCUT2D eigenvalue weighted by molar-refractivity contribution is 5.75. The van der Waals surface area contributed by atoms with Gasteiger partial charge in [-0.2, -0.15) is 4.98 Å². The number of hydrogen-bond donors (Lipinski definition) is 1. The molecule has 0 bridgehead atoms. The first-order valence-electron chi connectivity index (χ1n) is 10.5. The second kappa shape index (κ2) is 7.30. The zero-order chi connectivity index (χ0) is 21.7. The van der Waals surface area contributed by atoms with Gasteiger partial charge < -0.3 is 19.5 Å². The minimum Gasteiger partial charge on any atom is -0.497 e. The zero-order valence-electron chi connectivity index (χ0n) is 17.4. The van der Waals surface area contributed by atoms with Crippen LogP contribution in [-0.2, 0) is 6.54 Å². The maximum atomic E-state index is 13.7. The number of para-hydroxylation sites is 1. The van der Waals surface area contributed by atoms with Crippen molar-refractivity contribution in [1.29, 1.82) is 0 Å². The molecule has 0 atom stereocenters. The topological polar surface area (TPSA) is 92.4 Å². The number of nitrogens with one attached hydrogen (secondary N) is 1. The molecule has 0 radical (unpaired) electrons. The van der Waals surface area contributed by atoms with Gasteiger partial charge in [0.25, 0.3) is 0 Å². The Hall–Kier alpha value is -4.01. The minimum atomic E-state index is -0.220. The highest BCUT2D eigenvalue weighted by Gasteiger charge is 2.25. The molecule has 0 saturated heterocycles. The Balaban J connectivity index is 1.53. The van der Waals surface area contributed by atoms with E-state index in [1.165, 1.54) is 0 Å². The summed E-state index contributed by atoms with van der Waals surface area (Å²) in [5.74, 6) is 2.52. The molecule has 0 unspecified atom stereocenters. The van der Waals surface area contributed by atoms with Crippen molar-refractivity contribution in [3.05, 3.63) is 64.7 Å². The van der Waals surface area contributed by atoms with Crippen molar-refractivity contribution < 1.29 is 14.2 Å². The van der Waals surface area contributed by atoms with Gasteiger partial charge >= 0.3 is 5.69 Å². The molecular formula is C23H21N5O4. The molecule has 2 aromatic carbocycles. The molecule has 9 nitrogen and oxygen atoms in total. The molecule has 4 aromatic rings. The smallest absolute Gasteiger partial charge is 0.335 e. The molecule has 2 aliphatic rings. The number of methoxy groups -OCH3 is 1. The molecule has 162 valence electrons. The first-order valence-corrected chi connectivity index (χ1v) is 10.5. The Morgan fingerprint density at radius 2 is 2.06 bits per heavy atom. The maximum Gasteiger partial charge on any atom is 0.335 e. The first-order chi connectivity index (χ1) is 15.7. The van der Waals surface area contributed by atoms with Crippen LogP contribution in [0.25, 0.3) is 16.9 Å². The van der Waals surface area contributed by atoms with E-state index in [1.807, 2.05) is 42.5 Å². The summed E-state index contributed by atoms with van der Waals surface area (Å²) in [4.78, 5) is 22.8. The lowest BCUT2D eigenvalue weighted by molar-refractivity contribution is 0.173. The highest BCUT2D eigenvalue weighted by atomic mass is 16.7. The fourth-order valence-corrected chi connectivity index (χ4v) is 3.94. The number of anilines is 1. The van der Waals surface area contributed by atoms with Gasteiger partial charge in [0.05, 0.1) is 25.5 Å². The number of fused-ring (bicyclic) bond motifs is 2. The fourth-order valence-electron chi connectivity index (χ4n) is 3.94. The van der Waals surface area contributed by atoms with Gasteiger partial charge in [0.2, 0.25) is 12.7 Å². The lowest BCUT2D eigenvalue weighted by atomic mass is 10.2. The molecule has 2 aromatic heterocycles. The molecule has 6 rings (SSSR count). The third-order valence-electron chi connectivity index (χ3n) is 5.70. The third kappa shape index (κ3) is 3.13. The summed E-state index contributed by atoms with van der Waals surface area (Å²) in [6, 6.07) is 13.4. The lowest BCUT2D eigenvalue weighted by Gasteiger charge is -2.07. The molecule has 0 spiro atoms. The van der Waals surface area contributed by atoms with Crippen LogP contribution in [-0.4, -0.2) is 39.0 Å². The maximum absolute atomic E-state index is 13.7. The number of nitrogens with zero attached hydrogens (tertiary/aromatic N) is 4. The summed E-state index contributed by atoms with van der Waals surface area (Å²) in [6.45, 7) is 0.476. The number of ether oxygens (including phenoxy) is 3. The Morgan fingerprint density at radius 3 is 2.91 bits per heavy atom. The van der Waals surface area contributed by atoms with E-state index in [0.717, 1.165) is 18.4 Å². The third-order valence-corrected chi connectivity index (χ3v) is 5.70. The van der Waals surface area contributed by atoms with Gasteiger partial charge in [-0.3, -0.25) is 4.57 Å². The van der Waals surface area contributed by atoms with E-state index in [1.54, 1.807) is 22.4 Å². The Bertz CT molecular complexity index is 1390. The lowest BCUT2D eigenvalue weighted by Crippen LogP contribution is -2.24. The van der Waals surface area contributed by atoms with Crippen LogP contribution in [0, 0.1) is 0 Å². The van der Waals surface area contributed by atoms with Crippen LogP contribution in [0.5, 0.6) is 17.2 Å². The van der Waals surface area contributed by atoms with Gasteiger partial charge in [-0.15, -0.1) is 0 Å². The van der Waals surface area contributed by atoms with Gasteiger partial charge in [-0.25, -0.2) is 14.3 Å². The SMILES string of the molecule is COc1cccc(-n2c(=O)n(Cc3cccc4c3OCO4)c3cnc(NC4CC4)nc32)c1. The van der Waals surface area contributed by atoms with Crippen molar-refractivity contribution in [3.8, 4) is 22.9 Å². The summed E-state index contributed by atoms with van der Waals surface area (Å²) in [5, 5.41) is 3.31. The number of imidazole rings is 1. The molecule has 1 aliphatic heterocycles. The first kappa shape index (κ1) is 18.7. The Morgan fingerprint density at radius 1 is 1.19 bits per heavy atom. The molecule has 3 heterocycles. The largest absolute Gasteiger partial charge is 0.497 e. The van der Waals surface area contributed by atoms with Crippen molar-refractivity contribution in [3.63, 3.8) is 0 Å². The highest BCUT2D eigenvalue weighted by Crippen LogP contribution is 2.36. The second-order valence-electron chi connectivity index (χ2n) is 7.88. The fraction of sp³-hybridized carbons (Fsp3) is 0.261. The summed E-state index contributed by atoms with van der Waals surface area (Å²) in [5.41, 5.74) is 2.48.